The van der Waals surface area contributed by atoms with Crippen LogP contribution in [0.25, 0.3) is 6.08 Å². The van der Waals surface area contributed by atoms with E-state index in [2.05, 4.69) is 10.4 Å². The molecule has 1 fully saturated rings. The lowest BCUT2D eigenvalue weighted by Crippen LogP contribution is -2.24. The fraction of sp³-hybridized carbons (Fsp3) is 0.250. The van der Waals surface area contributed by atoms with Gasteiger partial charge in [-0.25, -0.2) is 13.1 Å². The first-order valence-corrected chi connectivity index (χ1v) is 12.3. The summed E-state index contributed by atoms with van der Waals surface area (Å²) in [4.78, 5) is 12.5. The van der Waals surface area contributed by atoms with Crippen LogP contribution >= 0.6 is 0 Å². The van der Waals surface area contributed by atoms with Crippen LogP contribution in [0, 0.1) is 0 Å². The Morgan fingerprint density at radius 3 is 2.59 bits per heavy atom. The van der Waals surface area contributed by atoms with Gasteiger partial charge in [0.25, 0.3) is 0 Å². The zero-order valence-corrected chi connectivity index (χ0v) is 19.8. The quantitative estimate of drug-likeness (QED) is 0.495. The normalized spacial score (nSPS) is 14.9. The van der Waals surface area contributed by atoms with Crippen molar-refractivity contribution in [1.29, 1.82) is 0 Å². The van der Waals surface area contributed by atoms with Crippen molar-refractivity contribution in [2.45, 2.75) is 13.0 Å². The molecule has 1 aliphatic rings. The number of aromatic nitrogens is 2. The van der Waals surface area contributed by atoms with Gasteiger partial charge in [0, 0.05) is 24.3 Å². The number of methoxy groups -OCH3 is 2. The van der Waals surface area contributed by atoms with Gasteiger partial charge in [-0.1, -0.05) is 24.3 Å². The maximum Gasteiger partial charge on any atom is 0.249 e. The first-order chi connectivity index (χ1) is 16.4. The molecule has 0 radical (unpaired) electrons. The van der Waals surface area contributed by atoms with Crippen LogP contribution in [0.1, 0.15) is 17.5 Å². The smallest absolute Gasteiger partial charge is 0.249 e. The molecular formula is C24H26N4O5S. The van der Waals surface area contributed by atoms with E-state index in [0.29, 0.717) is 42.5 Å². The number of ether oxygens (including phenoxy) is 2. The van der Waals surface area contributed by atoms with E-state index in [1.165, 1.54) is 10.4 Å². The molecule has 2 aromatic carbocycles. The Hall–Kier alpha value is -3.79. The summed E-state index contributed by atoms with van der Waals surface area (Å²) in [6.07, 6.45) is 5.33. The van der Waals surface area contributed by atoms with Gasteiger partial charge in [0.2, 0.25) is 15.9 Å². The number of para-hydroxylation sites is 1. The third-order valence-electron chi connectivity index (χ3n) is 5.48. The maximum atomic E-state index is 12.5. The monoisotopic (exact) mass is 482 g/mol. The van der Waals surface area contributed by atoms with E-state index in [-0.39, 0.29) is 11.7 Å². The number of benzene rings is 2. The van der Waals surface area contributed by atoms with Crippen LogP contribution in [0.3, 0.4) is 0 Å². The SMILES string of the molecule is COc1cccc(Cn2nccc2NC(=O)/C=C/c2ccc(N3CCCS3(=O)=O)cc2)c1OC. The van der Waals surface area contributed by atoms with Crippen molar-refractivity contribution in [3.8, 4) is 11.5 Å². The van der Waals surface area contributed by atoms with Crippen molar-refractivity contribution in [2.75, 3.05) is 36.1 Å². The van der Waals surface area contributed by atoms with Crippen molar-refractivity contribution in [3.05, 3.63) is 71.9 Å². The highest BCUT2D eigenvalue weighted by atomic mass is 32.2. The zero-order valence-electron chi connectivity index (χ0n) is 19.0. The number of nitrogens with zero attached hydrogens (tertiary/aromatic N) is 3. The molecule has 9 nitrogen and oxygen atoms in total. The Bertz CT molecular complexity index is 1300. The number of sulfonamides is 1. The second-order valence-corrected chi connectivity index (χ2v) is 9.70. The number of carbonyl (C=O) groups excluding carboxylic acids is 1. The fourth-order valence-corrected chi connectivity index (χ4v) is 5.39. The molecule has 2 heterocycles. The maximum absolute atomic E-state index is 12.5. The minimum Gasteiger partial charge on any atom is -0.493 e. The first-order valence-electron chi connectivity index (χ1n) is 10.7. The summed E-state index contributed by atoms with van der Waals surface area (Å²) in [6, 6.07) is 14.4. The Morgan fingerprint density at radius 1 is 1.12 bits per heavy atom. The molecular weight excluding hydrogens is 456 g/mol. The van der Waals surface area contributed by atoms with Gasteiger partial charge in [0.1, 0.15) is 5.82 Å². The standard InChI is InChI=1S/C24H26N4O5S/c1-32-21-6-3-5-19(24(21)33-2)17-27-22(13-14-25-27)26-23(29)12-9-18-7-10-20(11-8-18)28-15-4-16-34(28,30)31/h3,5-14H,4,15-17H2,1-2H3,(H,26,29)/b12-9+. The Kier molecular flexibility index (Phi) is 6.87. The number of nitrogens with one attached hydrogen (secondary N) is 1. The predicted octanol–water partition coefficient (Wildman–Crippen LogP) is 3.14. The predicted molar refractivity (Wildman–Crippen MR) is 131 cm³/mol. The Morgan fingerprint density at radius 2 is 1.91 bits per heavy atom. The number of anilines is 2. The molecule has 1 aromatic heterocycles. The highest BCUT2D eigenvalue weighted by Crippen LogP contribution is 2.31. The summed E-state index contributed by atoms with van der Waals surface area (Å²) in [7, 11) is -0.0583. The molecule has 1 N–H and O–H groups in total. The summed E-state index contributed by atoms with van der Waals surface area (Å²) in [6.45, 7) is 0.878. The van der Waals surface area contributed by atoms with E-state index in [4.69, 9.17) is 9.47 Å². The lowest BCUT2D eigenvalue weighted by atomic mass is 10.2. The van der Waals surface area contributed by atoms with Gasteiger partial charge in [-0.15, -0.1) is 0 Å². The summed E-state index contributed by atoms with van der Waals surface area (Å²) >= 11 is 0. The van der Waals surface area contributed by atoms with E-state index in [1.807, 2.05) is 18.2 Å². The lowest BCUT2D eigenvalue weighted by Gasteiger charge is -2.16. The summed E-state index contributed by atoms with van der Waals surface area (Å²) < 4.78 is 38.0. The van der Waals surface area contributed by atoms with Crippen LogP contribution in [0.15, 0.2) is 60.8 Å². The zero-order chi connectivity index (χ0) is 24.1. The van der Waals surface area contributed by atoms with Crippen LogP contribution in [-0.2, 0) is 21.4 Å². The molecule has 1 saturated heterocycles. The molecule has 34 heavy (non-hydrogen) atoms. The van der Waals surface area contributed by atoms with E-state index >= 15 is 0 Å². The van der Waals surface area contributed by atoms with E-state index in [9.17, 15) is 13.2 Å². The number of hydrogen-bond donors (Lipinski definition) is 1. The molecule has 178 valence electrons. The largest absolute Gasteiger partial charge is 0.493 e. The Balaban J connectivity index is 1.41. The molecule has 4 rings (SSSR count). The van der Waals surface area contributed by atoms with E-state index in [0.717, 1.165) is 11.1 Å². The Labute approximate surface area is 198 Å². The topological polar surface area (TPSA) is 103 Å². The molecule has 0 unspecified atom stereocenters. The molecule has 0 spiro atoms. The van der Waals surface area contributed by atoms with Gasteiger partial charge in [-0.05, 0) is 36.3 Å². The number of amides is 1. The van der Waals surface area contributed by atoms with Crippen LogP contribution in [0.2, 0.25) is 0 Å². The fourth-order valence-electron chi connectivity index (χ4n) is 3.83. The summed E-state index contributed by atoms with van der Waals surface area (Å²) in [5.74, 6) is 1.63. The van der Waals surface area contributed by atoms with Gasteiger partial charge >= 0.3 is 0 Å². The molecule has 10 heteroatoms. The van der Waals surface area contributed by atoms with Crippen LogP contribution in [-0.4, -0.2) is 50.6 Å². The second-order valence-electron chi connectivity index (χ2n) is 7.68. The number of rotatable bonds is 8. The van der Waals surface area contributed by atoms with Crippen molar-refractivity contribution >= 4 is 33.5 Å². The van der Waals surface area contributed by atoms with E-state index < -0.39 is 10.0 Å². The van der Waals surface area contributed by atoms with Crippen molar-refractivity contribution < 1.29 is 22.7 Å². The third kappa shape index (κ3) is 5.07. The molecule has 0 atom stereocenters. The second kappa shape index (κ2) is 10.0. The molecule has 0 saturated carbocycles. The van der Waals surface area contributed by atoms with Gasteiger partial charge < -0.3 is 14.8 Å². The third-order valence-corrected chi connectivity index (χ3v) is 7.35. The van der Waals surface area contributed by atoms with Crippen molar-refractivity contribution in [1.82, 2.24) is 9.78 Å². The lowest BCUT2D eigenvalue weighted by molar-refractivity contribution is -0.111. The summed E-state index contributed by atoms with van der Waals surface area (Å²) in [5.41, 5.74) is 2.28. The number of hydrogen-bond acceptors (Lipinski definition) is 6. The van der Waals surface area contributed by atoms with Crippen LogP contribution in [0.4, 0.5) is 11.5 Å². The van der Waals surface area contributed by atoms with Crippen molar-refractivity contribution in [3.63, 3.8) is 0 Å². The molecule has 3 aromatic rings. The first kappa shape index (κ1) is 23.4. The van der Waals surface area contributed by atoms with Gasteiger partial charge in [0.15, 0.2) is 11.5 Å². The van der Waals surface area contributed by atoms with E-state index in [1.54, 1.807) is 61.5 Å². The van der Waals surface area contributed by atoms with Crippen LogP contribution in [0.5, 0.6) is 11.5 Å². The average molecular weight is 483 g/mol. The average Bonchev–Trinajstić information content (AvgIpc) is 3.42. The highest BCUT2D eigenvalue weighted by molar-refractivity contribution is 7.93. The van der Waals surface area contributed by atoms with Gasteiger partial charge in [0.05, 0.1) is 38.4 Å². The molecule has 0 bridgehead atoms. The van der Waals surface area contributed by atoms with Gasteiger partial charge in [-0.3, -0.25) is 9.10 Å². The molecule has 0 aliphatic carbocycles. The highest BCUT2D eigenvalue weighted by Gasteiger charge is 2.28. The molecule has 1 aliphatic heterocycles. The minimum absolute atomic E-state index is 0.177. The van der Waals surface area contributed by atoms with Crippen LogP contribution < -0.4 is 19.1 Å². The summed E-state index contributed by atoms with van der Waals surface area (Å²) in [5, 5.41) is 7.13. The molecule has 1 amide bonds. The number of carbonyl (C=O) groups is 1. The van der Waals surface area contributed by atoms with Gasteiger partial charge in [-0.2, -0.15) is 5.10 Å². The minimum atomic E-state index is -3.21. The van der Waals surface area contributed by atoms with Crippen molar-refractivity contribution in [2.24, 2.45) is 0 Å².